The third kappa shape index (κ3) is 2.56. The normalized spacial score (nSPS) is 11.8. The van der Waals surface area contributed by atoms with Crippen LogP contribution in [0.3, 0.4) is 0 Å². The van der Waals surface area contributed by atoms with Gasteiger partial charge in [0.05, 0.1) is 5.56 Å². The van der Waals surface area contributed by atoms with E-state index >= 15 is 0 Å². The van der Waals surface area contributed by atoms with Crippen molar-refractivity contribution in [1.29, 1.82) is 0 Å². The van der Waals surface area contributed by atoms with E-state index in [4.69, 9.17) is 10.2 Å². The summed E-state index contributed by atoms with van der Waals surface area (Å²) in [5.74, 6) is -1.31. The maximum atomic E-state index is 11.1. The van der Waals surface area contributed by atoms with Gasteiger partial charge in [0.15, 0.2) is 5.03 Å². The molecule has 0 saturated carbocycles. The van der Waals surface area contributed by atoms with E-state index in [1.807, 2.05) is 13.8 Å². The van der Waals surface area contributed by atoms with Crippen molar-refractivity contribution in [2.45, 2.75) is 24.8 Å². The number of carboxylic acids is 1. The zero-order valence-corrected chi connectivity index (χ0v) is 9.65. The number of hydrogen-bond donors (Lipinski definition) is 2. The molecule has 1 heterocycles. The van der Waals surface area contributed by atoms with Crippen molar-refractivity contribution in [2.75, 3.05) is 0 Å². The van der Waals surface area contributed by atoms with Gasteiger partial charge < -0.3 is 5.11 Å². The minimum Gasteiger partial charge on any atom is -0.478 e. The molecule has 1 rings (SSSR count). The van der Waals surface area contributed by atoms with Crippen molar-refractivity contribution in [1.82, 2.24) is 4.98 Å². The van der Waals surface area contributed by atoms with Crippen LogP contribution in [0.15, 0.2) is 17.3 Å². The van der Waals surface area contributed by atoms with Crippen molar-refractivity contribution in [3.8, 4) is 0 Å². The zero-order chi connectivity index (χ0) is 12.5. The Hall–Kier alpha value is -1.47. The molecule has 88 valence electrons. The molecule has 0 aromatic carbocycles. The number of pyridine rings is 1. The third-order valence-electron chi connectivity index (χ3n) is 2.04. The van der Waals surface area contributed by atoms with Crippen LogP contribution in [0.4, 0.5) is 0 Å². The van der Waals surface area contributed by atoms with E-state index in [9.17, 15) is 13.2 Å². The van der Waals surface area contributed by atoms with Gasteiger partial charge in [0.25, 0.3) is 10.0 Å². The molecule has 7 heteroatoms. The van der Waals surface area contributed by atoms with Gasteiger partial charge in [-0.1, -0.05) is 13.8 Å². The Balaban J connectivity index is 3.49. The number of sulfonamides is 1. The summed E-state index contributed by atoms with van der Waals surface area (Å²) in [4.78, 5) is 14.5. The van der Waals surface area contributed by atoms with Gasteiger partial charge in [-0.2, -0.15) is 0 Å². The van der Waals surface area contributed by atoms with E-state index in [0.717, 1.165) is 0 Å². The topological polar surface area (TPSA) is 110 Å². The molecule has 16 heavy (non-hydrogen) atoms. The van der Waals surface area contributed by atoms with E-state index in [2.05, 4.69) is 4.98 Å². The number of primary sulfonamides is 1. The molecule has 6 nitrogen and oxygen atoms in total. The van der Waals surface area contributed by atoms with Crippen molar-refractivity contribution >= 4 is 16.0 Å². The molecule has 0 fully saturated rings. The molecule has 0 aliphatic rings. The van der Waals surface area contributed by atoms with Gasteiger partial charge in [-0.05, 0) is 17.5 Å². The number of carboxylic acid groups (broad SMARTS) is 1. The second-order valence-electron chi connectivity index (χ2n) is 3.63. The number of hydrogen-bond acceptors (Lipinski definition) is 4. The summed E-state index contributed by atoms with van der Waals surface area (Å²) in [5.41, 5.74) is 0.249. The number of aromatic nitrogens is 1. The number of nitrogens with zero attached hydrogens (tertiary/aromatic N) is 1. The molecule has 0 saturated heterocycles. The highest BCUT2D eigenvalue weighted by molar-refractivity contribution is 7.89. The maximum Gasteiger partial charge on any atom is 0.338 e. The van der Waals surface area contributed by atoms with E-state index < -0.39 is 26.6 Å². The fraction of sp³-hybridized carbons (Fsp3) is 0.333. The molecule has 0 bridgehead atoms. The predicted molar refractivity (Wildman–Crippen MR) is 56.7 cm³/mol. The summed E-state index contributed by atoms with van der Waals surface area (Å²) in [7, 11) is -4.11. The first kappa shape index (κ1) is 12.6. The van der Waals surface area contributed by atoms with Gasteiger partial charge in [0, 0.05) is 6.20 Å². The maximum absolute atomic E-state index is 11.1. The average Bonchev–Trinajstić information content (AvgIpc) is 2.15. The fourth-order valence-electron chi connectivity index (χ4n) is 1.16. The van der Waals surface area contributed by atoms with Crippen LogP contribution in [0.1, 0.15) is 35.7 Å². The Kier molecular flexibility index (Phi) is 3.30. The predicted octanol–water partition coefficient (Wildman–Crippen LogP) is 0.551. The largest absolute Gasteiger partial charge is 0.478 e. The van der Waals surface area contributed by atoms with Gasteiger partial charge >= 0.3 is 5.97 Å². The average molecular weight is 244 g/mol. The molecule has 0 atom stereocenters. The first-order chi connectivity index (χ1) is 7.23. The lowest BCUT2D eigenvalue weighted by Gasteiger charge is -2.08. The minimum atomic E-state index is -4.11. The monoisotopic (exact) mass is 244 g/mol. The van der Waals surface area contributed by atoms with Gasteiger partial charge in [-0.25, -0.2) is 23.3 Å². The SMILES string of the molecule is CC(C)c1cnc(S(N)(=O)=O)c(C(=O)O)c1. The Morgan fingerprint density at radius 2 is 2.06 bits per heavy atom. The van der Waals surface area contributed by atoms with E-state index in [-0.39, 0.29) is 5.92 Å². The molecule has 3 N–H and O–H groups in total. The summed E-state index contributed by atoms with van der Waals surface area (Å²) in [6.07, 6.45) is 1.32. The molecule has 0 amide bonds. The van der Waals surface area contributed by atoms with Crippen LogP contribution in [-0.2, 0) is 10.0 Å². The molecule has 0 aliphatic heterocycles. The van der Waals surface area contributed by atoms with Gasteiger partial charge in [-0.15, -0.1) is 0 Å². The van der Waals surface area contributed by atoms with Crippen LogP contribution < -0.4 is 5.14 Å². The van der Waals surface area contributed by atoms with Crippen LogP contribution in [0.2, 0.25) is 0 Å². The quantitative estimate of drug-likeness (QED) is 0.806. The molecular formula is C9H12N2O4S. The highest BCUT2D eigenvalue weighted by atomic mass is 32.2. The van der Waals surface area contributed by atoms with Gasteiger partial charge in [0.1, 0.15) is 0 Å². The molecule has 0 spiro atoms. The molecule has 1 aromatic heterocycles. The smallest absolute Gasteiger partial charge is 0.338 e. The van der Waals surface area contributed by atoms with E-state index in [1.54, 1.807) is 0 Å². The lowest BCUT2D eigenvalue weighted by Crippen LogP contribution is -2.19. The Labute approximate surface area is 93.2 Å². The molecular weight excluding hydrogens is 232 g/mol. The first-order valence-electron chi connectivity index (χ1n) is 4.49. The second kappa shape index (κ2) is 4.18. The van der Waals surface area contributed by atoms with Crippen LogP contribution in [0, 0.1) is 0 Å². The standard InChI is InChI=1S/C9H12N2O4S/c1-5(2)6-3-7(9(12)13)8(11-4-6)16(10,14)15/h3-5H,1-2H3,(H,12,13)(H2,10,14,15). The molecule has 1 aromatic rings. The fourth-order valence-corrected chi connectivity index (χ4v) is 1.82. The van der Waals surface area contributed by atoms with E-state index in [0.29, 0.717) is 5.56 Å². The summed E-state index contributed by atoms with van der Waals surface area (Å²) in [6, 6.07) is 1.28. The highest BCUT2D eigenvalue weighted by Crippen LogP contribution is 2.19. The first-order valence-corrected chi connectivity index (χ1v) is 6.04. The summed E-state index contributed by atoms with van der Waals surface area (Å²) >= 11 is 0. The van der Waals surface area contributed by atoms with Crippen LogP contribution >= 0.6 is 0 Å². The third-order valence-corrected chi connectivity index (χ3v) is 2.90. The van der Waals surface area contributed by atoms with Crippen LogP contribution in [0.5, 0.6) is 0 Å². The Bertz CT molecular complexity index is 522. The van der Waals surface area contributed by atoms with Crippen LogP contribution in [0.25, 0.3) is 0 Å². The number of rotatable bonds is 3. The summed E-state index contributed by atoms with van der Waals surface area (Å²) in [6.45, 7) is 3.69. The Morgan fingerprint density at radius 1 is 1.50 bits per heavy atom. The van der Waals surface area contributed by atoms with Crippen molar-refractivity contribution < 1.29 is 18.3 Å². The Morgan fingerprint density at radius 3 is 2.44 bits per heavy atom. The number of aromatic carboxylic acids is 1. The number of carbonyl (C=O) groups is 1. The summed E-state index contributed by atoms with van der Waals surface area (Å²) < 4.78 is 22.2. The second-order valence-corrected chi connectivity index (χ2v) is 5.10. The van der Waals surface area contributed by atoms with Gasteiger partial charge in [0.2, 0.25) is 0 Å². The van der Waals surface area contributed by atoms with Crippen molar-refractivity contribution in [2.24, 2.45) is 5.14 Å². The molecule has 0 aliphatic carbocycles. The van der Waals surface area contributed by atoms with Crippen LogP contribution in [-0.4, -0.2) is 24.5 Å². The zero-order valence-electron chi connectivity index (χ0n) is 8.84. The number of nitrogens with two attached hydrogens (primary N) is 1. The summed E-state index contributed by atoms with van der Waals surface area (Å²) in [5, 5.41) is 13.1. The molecule has 0 unspecified atom stereocenters. The van der Waals surface area contributed by atoms with Gasteiger partial charge in [-0.3, -0.25) is 0 Å². The molecule has 0 radical (unpaired) electrons. The van der Waals surface area contributed by atoms with E-state index in [1.165, 1.54) is 12.3 Å². The van der Waals surface area contributed by atoms with Crippen molar-refractivity contribution in [3.63, 3.8) is 0 Å². The van der Waals surface area contributed by atoms with Crippen molar-refractivity contribution in [3.05, 3.63) is 23.4 Å². The highest BCUT2D eigenvalue weighted by Gasteiger charge is 2.21. The lowest BCUT2D eigenvalue weighted by molar-refractivity contribution is 0.0691. The minimum absolute atomic E-state index is 0.0557. The lowest BCUT2D eigenvalue weighted by atomic mass is 10.0.